The Morgan fingerprint density at radius 3 is 2.04 bits per heavy atom. The number of hydrogen-bond acceptors (Lipinski definition) is 2. The molecule has 27 heavy (non-hydrogen) atoms. The lowest BCUT2D eigenvalue weighted by molar-refractivity contribution is -0.187. The van der Waals surface area contributed by atoms with Crippen LogP contribution in [0.25, 0.3) is 11.1 Å². The molecule has 0 fully saturated rings. The molecule has 0 atom stereocenters. The van der Waals surface area contributed by atoms with Crippen LogP contribution in [0.2, 0.25) is 0 Å². The Bertz CT molecular complexity index is 980. The second-order valence-electron chi connectivity index (χ2n) is 5.53. The van der Waals surface area contributed by atoms with Crippen LogP contribution in [0.15, 0.2) is 54.6 Å². The number of ether oxygens (including phenoxy) is 1. The van der Waals surface area contributed by atoms with Gasteiger partial charge in [0, 0.05) is 11.6 Å². The number of benzene rings is 3. The molecule has 3 aromatic rings. The fourth-order valence-electron chi connectivity index (χ4n) is 2.44. The molecule has 0 saturated carbocycles. The summed E-state index contributed by atoms with van der Waals surface area (Å²) in [5.74, 6) is -7.18. The minimum Gasteiger partial charge on any atom is -0.508 e. The topological polar surface area (TPSA) is 29.5 Å². The van der Waals surface area contributed by atoms with Crippen molar-refractivity contribution in [1.82, 2.24) is 0 Å². The molecule has 8 heteroatoms. The summed E-state index contributed by atoms with van der Waals surface area (Å²) in [4.78, 5) is 0. The zero-order chi connectivity index (χ0) is 19.8. The van der Waals surface area contributed by atoms with Gasteiger partial charge in [-0.1, -0.05) is 18.2 Å². The first kappa shape index (κ1) is 18.6. The number of para-hydroxylation sites is 1. The van der Waals surface area contributed by atoms with Crippen LogP contribution in [0.4, 0.5) is 26.3 Å². The number of phenols is 1. The average Bonchev–Trinajstić information content (AvgIpc) is 2.59. The lowest BCUT2D eigenvalue weighted by atomic mass is 10.0. The number of alkyl halides is 2. The maximum absolute atomic E-state index is 14.4. The Morgan fingerprint density at radius 2 is 1.41 bits per heavy atom. The molecule has 0 aromatic heterocycles. The molecule has 3 rings (SSSR count). The molecule has 0 saturated heterocycles. The normalized spacial score (nSPS) is 11.5. The maximum Gasteiger partial charge on any atom is 0.429 e. The van der Waals surface area contributed by atoms with Gasteiger partial charge in [0.2, 0.25) is 0 Å². The third-order valence-electron chi connectivity index (χ3n) is 3.69. The molecule has 3 aromatic carbocycles. The van der Waals surface area contributed by atoms with Crippen molar-refractivity contribution in [2.24, 2.45) is 0 Å². The zero-order valence-electron chi connectivity index (χ0n) is 13.3. The van der Waals surface area contributed by atoms with Crippen molar-refractivity contribution in [3.05, 3.63) is 83.4 Å². The average molecular weight is 384 g/mol. The fraction of sp³-hybridized carbons (Fsp3) is 0.0526. The van der Waals surface area contributed by atoms with E-state index in [-0.39, 0.29) is 11.1 Å². The smallest absolute Gasteiger partial charge is 0.429 e. The Morgan fingerprint density at radius 1 is 0.778 bits per heavy atom. The molecular formula is C19H10F6O2. The van der Waals surface area contributed by atoms with Crippen LogP contribution in [0.3, 0.4) is 0 Å². The summed E-state index contributed by atoms with van der Waals surface area (Å²) in [6.07, 6.45) is -4.16. The van der Waals surface area contributed by atoms with Crippen LogP contribution in [0, 0.1) is 23.3 Å². The first-order valence-electron chi connectivity index (χ1n) is 7.49. The van der Waals surface area contributed by atoms with Crippen molar-refractivity contribution in [2.45, 2.75) is 6.11 Å². The van der Waals surface area contributed by atoms with Gasteiger partial charge in [-0.3, -0.25) is 0 Å². The van der Waals surface area contributed by atoms with Gasteiger partial charge in [-0.25, -0.2) is 17.6 Å². The number of hydrogen-bond donors (Lipinski definition) is 1. The van der Waals surface area contributed by atoms with E-state index >= 15 is 0 Å². The molecule has 0 heterocycles. The van der Waals surface area contributed by atoms with Gasteiger partial charge in [-0.05, 0) is 35.9 Å². The monoisotopic (exact) mass is 384 g/mol. The zero-order valence-corrected chi connectivity index (χ0v) is 13.3. The Kier molecular flexibility index (Phi) is 4.73. The fourth-order valence-corrected chi connectivity index (χ4v) is 2.44. The quantitative estimate of drug-likeness (QED) is 0.459. The van der Waals surface area contributed by atoms with E-state index in [2.05, 4.69) is 4.74 Å². The molecule has 0 aliphatic rings. The van der Waals surface area contributed by atoms with Gasteiger partial charge in [-0.15, -0.1) is 0 Å². The van der Waals surface area contributed by atoms with Gasteiger partial charge in [0.05, 0.1) is 0 Å². The van der Waals surface area contributed by atoms with E-state index in [1.54, 1.807) is 0 Å². The van der Waals surface area contributed by atoms with E-state index in [9.17, 15) is 26.3 Å². The minimum atomic E-state index is -4.16. The molecule has 2 nitrogen and oxygen atoms in total. The van der Waals surface area contributed by atoms with Gasteiger partial charge in [0.25, 0.3) is 0 Å². The highest BCUT2D eigenvalue weighted by atomic mass is 19.3. The number of halogens is 6. The summed E-state index contributed by atoms with van der Waals surface area (Å²) in [7, 11) is 0. The third-order valence-corrected chi connectivity index (χ3v) is 3.69. The molecule has 1 N–H and O–H groups in total. The molecule has 0 aliphatic heterocycles. The first-order chi connectivity index (χ1) is 12.7. The Labute approximate surface area is 149 Å². The predicted molar refractivity (Wildman–Crippen MR) is 84.3 cm³/mol. The molecule has 140 valence electrons. The van der Waals surface area contributed by atoms with Gasteiger partial charge in [-0.2, -0.15) is 8.78 Å². The minimum absolute atomic E-state index is 0.158. The van der Waals surface area contributed by atoms with Gasteiger partial charge < -0.3 is 9.84 Å². The first-order valence-corrected chi connectivity index (χ1v) is 7.49. The summed E-state index contributed by atoms with van der Waals surface area (Å²) in [6.45, 7) is 0. The number of phenolic OH excluding ortho intramolecular Hbond substituents is 1. The molecular weight excluding hydrogens is 374 g/mol. The van der Waals surface area contributed by atoms with Gasteiger partial charge in [0.1, 0.15) is 22.9 Å². The molecule has 0 bridgehead atoms. The Hall–Kier alpha value is -3.16. The van der Waals surface area contributed by atoms with Crippen molar-refractivity contribution in [1.29, 1.82) is 0 Å². The maximum atomic E-state index is 14.4. The van der Waals surface area contributed by atoms with Gasteiger partial charge in [0.15, 0.2) is 17.5 Å². The molecule has 0 amide bonds. The predicted octanol–water partition coefficient (Wildman–Crippen LogP) is 5.74. The summed E-state index contributed by atoms with van der Waals surface area (Å²) in [5.41, 5.74) is -1.55. The summed E-state index contributed by atoms with van der Waals surface area (Å²) in [6, 6.07) is 8.25. The third kappa shape index (κ3) is 3.69. The highest BCUT2D eigenvalue weighted by Crippen LogP contribution is 2.39. The van der Waals surface area contributed by atoms with E-state index in [4.69, 9.17) is 5.11 Å². The summed E-state index contributed by atoms with van der Waals surface area (Å²) < 4.78 is 87.3. The van der Waals surface area contributed by atoms with Crippen molar-refractivity contribution >= 4 is 0 Å². The van der Waals surface area contributed by atoms with E-state index in [1.807, 2.05) is 0 Å². The summed E-state index contributed by atoms with van der Waals surface area (Å²) in [5, 5.41) is 9.13. The SMILES string of the molecule is Oc1ccc(C(F)(F)Oc2ccccc2-c2cc(F)c(F)c(F)c2)c(F)c1. The molecule has 0 aliphatic carbocycles. The molecule has 0 unspecified atom stereocenters. The van der Waals surface area contributed by atoms with E-state index in [0.29, 0.717) is 24.3 Å². The van der Waals surface area contributed by atoms with Crippen LogP contribution >= 0.6 is 0 Å². The number of aromatic hydroxyl groups is 1. The van der Waals surface area contributed by atoms with Crippen LogP contribution in [-0.2, 0) is 6.11 Å². The van der Waals surface area contributed by atoms with Crippen molar-refractivity contribution < 1.29 is 36.2 Å². The van der Waals surface area contributed by atoms with Crippen LogP contribution in [-0.4, -0.2) is 5.11 Å². The van der Waals surface area contributed by atoms with Crippen LogP contribution in [0.1, 0.15) is 5.56 Å². The van der Waals surface area contributed by atoms with E-state index < -0.39 is 46.4 Å². The Balaban J connectivity index is 2.04. The van der Waals surface area contributed by atoms with E-state index in [1.165, 1.54) is 18.2 Å². The van der Waals surface area contributed by atoms with Crippen molar-refractivity contribution in [3.8, 4) is 22.6 Å². The highest BCUT2D eigenvalue weighted by molar-refractivity contribution is 5.70. The highest BCUT2D eigenvalue weighted by Gasteiger charge is 2.38. The van der Waals surface area contributed by atoms with Crippen molar-refractivity contribution in [3.63, 3.8) is 0 Å². The van der Waals surface area contributed by atoms with Crippen LogP contribution < -0.4 is 4.74 Å². The second kappa shape index (κ2) is 6.86. The molecule has 0 spiro atoms. The lowest BCUT2D eigenvalue weighted by Gasteiger charge is -2.21. The largest absolute Gasteiger partial charge is 0.508 e. The number of rotatable bonds is 4. The lowest BCUT2D eigenvalue weighted by Crippen LogP contribution is -2.23. The van der Waals surface area contributed by atoms with E-state index in [0.717, 1.165) is 12.1 Å². The standard InChI is InChI=1S/C19H10F6O2/c20-14-9-11(26)5-6-13(14)19(24,25)27-17-4-2-1-3-12(17)10-7-15(21)18(23)16(22)8-10/h1-9,26H. The molecule has 0 radical (unpaired) electrons. The van der Waals surface area contributed by atoms with Gasteiger partial charge >= 0.3 is 6.11 Å². The van der Waals surface area contributed by atoms with Crippen LogP contribution in [0.5, 0.6) is 11.5 Å². The summed E-state index contributed by atoms with van der Waals surface area (Å²) >= 11 is 0. The van der Waals surface area contributed by atoms with Crippen molar-refractivity contribution in [2.75, 3.05) is 0 Å². The second-order valence-corrected chi connectivity index (χ2v) is 5.53.